The molecular formula is C23H25F3N6O5. The third kappa shape index (κ3) is 4.63. The molecule has 1 aliphatic carbocycles. The van der Waals surface area contributed by atoms with Gasteiger partial charge in [0, 0.05) is 55.6 Å². The lowest BCUT2D eigenvalue weighted by atomic mass is 9.60. The highest BCUT2D eigenvalue weighted by Gasteiger charge is 2.54. The maximum atomic E-state index is 12.9. The first kappa shape index (κ1) is 24.7. The van der Waals surface area contributed by atoms with Crippen molar-refractivity contribution in [2.45, 2.75) is 31.9 Å². The third-order valence-corrected chi connectivity index (χ3v) is 6.79. The van der Waals surface area contributed by atoms with Gasteiger partial charge >= 0.3 is 12.4 Å². The van der Waals surface area contributed by atoms with Crippen molar-refractivity contribution in [3.63, 3.8) is 0 Å². The summed E-state index contributed by atoms with van der Waals surface area (Å²) in [6, 6.07) is 1.17. The number of benzene rings is 1. The largest absolute Gasteiger partial charge is 0.573 e. The van der Waals surface area contributed by atoms with E-state index in [0.717, 1.165) is 17.8 Å². The van der Waals surface area contributed by atoms with Crippen LogP contribution >= 0.6 is 0 Å². The molecule has 0 atom stereocenters. The first-order chi connectivity index (χ1) is 17.5. The number of aromatic nitrogens is 3. The monoisotopic (exact) mass is 522 g/mol. The van der Waals surface area contributed by atoms with Crippen molar-refractivity contribution in [2.24, 2.45) is 12.5 Å². The number of nitrogens with one attached hydrogen (secondary N) is 2. The molecule has 11 nitrogen and oxygen atoms in total. The standard InChI is InChI=1S/C23H25F3N6O5/c1-30-3-4-32-19(30)16(9-27-32)20(34)31-11-22(12-31)7-14(8-22)28-21(35)29-17-6-15(37-23(24,25)26)5-13(10-33)18(17)36-2/h3-6,9,14,33H,7-8,10-12H2,1-2H3,(H2,28,29,35). The van der Waals surface area contributed by atoms with Crippen LogP contribution in [-0.2, 0) is 13.7 Å². The van der Waals surface area contributed by atoms with E-state index in [1.807, 2.05) is 17.8 Å². The van der Waals surface area contributed by atoms with Crippen LogP contribution in [0.3, 0.4) is 0 Å². The van der Waals surface area contributed by atoms with Crippen molar-refractivity contribution in [3.8, 4) is 11.5 Å². The van der Waals surface area contributed by atoms with E-state index < -0.39 is 24.7 Å². The highest BCUT2D eigenvalue weighted by Crippen LogP contribution is 2.49. The number of aryl methyl sites for hydroxylation is 1. The van der Waals surface area contributed by atoms with Crippen LogP contribution in [0, 0.1) is 5.41 Å². The van der Waals surface area contributed by atoms with Gasteiger partial charge in [0.15, 0.2) is 0 Å². The molecule has 3 N–H and O–H groups in total. The molecule has 14 heteroatoms. The maximum absolute atomic E-state index is 12.9. The highest BCUT2D eigenvalue weighted by molar-refractivity contribution is 6.00. The number of methoxy groups -OCH3 is 1. The van der Waals surface area contributed by atoms with Crippen LogP contribution in [-0.4, -0.2) is 68.7 Å². The van der Waals surface area contributed by atoms with Crippen LogP contribution in [0.25, 0.3) is 5.65 Å². The summed E-state index contributed by atoms with van der Waals surface area (Å²) in [7, 11) is 3.12. The van der Waals surface area contributed by atoms with Gasteiger partial charge < -0.3 is 34.7 Å². The molecule has 198 valence electrons. The van der Waals surface area contributed by atoms with Gasteiger partial charge in [0.05, 0.1) is 25.6 Å². The van der Waals surface area contributed by atoms with Gasteiger partial charge in [0.25, 0.3) is 5.91 Å². The Hall–Kier alpha value is -3.94. The molecule has 2 fully saturated rings. The van der Waals surface area contributed by atoms with Crippen molar-refractivity contribution in [1.82, 2.24) is 24.4 Å². The van der Waals surface area contributed by atoms with Gasteiger partial charge in [-0.15, -0.1) is 13.2 Å². The van der Waals surface area contributed by atoms with Crippen LogP contribution in [0.15, 0.2) is 30.7 Å². The number of carbonyl (C=O) groups is 2. The van der Waals surface area contributed by atoms with Crippen molar-refractivity contribution < 1.29 is 37.3 Å². The number of urea groups is 1. The van der Waals surface area contributed by atoms with Crippen LogP contribution in [0.2, 0.25) is 0 Å². The average molecular weight is 522 g/mol. The van der Waals surface area contributed by atoms with Gasteiger partial charge in [0.1, 0.15) is 22.7 Å². The van der Waals surface area contributed by atoms with Crippen LogP contribution in [0.1, 0.15) is 28.8 Å². The molecule has 1 aliphatic heterocycles. The van der Waals surface area contributed by atoms with Crippen molar-refractivity contribution in [3.05, 3.63) is 41.9 Å². The van der Waals surface area contributed by atoms with E-state index >= 15 is 0 Å². The number of carbonyl (C=O) groups excluding carboxylic acids is 2. The molecule has 1 saturated carbocycles. The number of imidazole rings is 1. The summed E-state index contributed by atoms with van der Waals surface area (Å²) >= 11 is 0. The number of alkyl halides is 3. The SMILES string of the molecule is COc1c(CO)cc(OC(F)(F)F)cc1NC(=O)NC1CC2(C1)CN(C(=O)c1cnn3ccn(C)c13)C2. The summed E-state index contributed by atoms with van der Waals surface area (Å²) in [6.07, 6.45) is 1.54. The van der Waals surface area contributed by atoms with E-state index in [9.17, 15) is 27.9 Å². The zero-order chi connectivity index (χ0) is 26.5. The summed E-state index contributed by atoms with van der Waals surface area (Å²) in [5, 5.41) is 19.0. The van der Waals surface area contributed by atoms with E-state index in [1.165, 1.54) is 7.11 Å². The van der Waals surface area contributed by atoms with Crippen molar-refractivity contribution in [1.29, 1.82) is 0 Å². The summed E-state index contributed by atoms with van der Waals surface area (Å²) in [4.78, 5) is 27.3. The van der Waals surface area contributed by atoms with Crippen LogP contribution in [0.5, 0.6) is 11.5 Å². The van der Waals surface area contributed by atoms with Gasteiger partial charge in [-0.25, -0.2) is 9.31 Å². The lowest BCUT2D eigenvalue weighted by Gasteiger charge is -2.58. The summed E-state index contributed by atoms with van der Waals surface area (Å²) in [5.41, 5.74) is 1.13. The number of aliphatic hydroxyl groups excluding tert-OH is 1. The molecule has 3 amide bonds. The van der Waals surface area contributed by atoms with E-state index in [2.05, 4.69) is 20.5 Å². The summed E-state index contributed by atoms with van der Waals surface area (Å²) in [5.74, 6) is -0.664. The lowest BCUT2D eigenvalue weighted by molar-refractivity contribution is -0.274. The Morgan fingerprint density at radius 1 is 1.24 bits per heavy atom. The Morgan fingerprint density at radius 3 is 2.62 bits per heavy atom. The van der Waals surface area contributed by atoms with E-state index in [1.54, 1.807) is 21.8 Å². The summed E-state index contributed by atoms with van der Waals surface area (Å²) < 4.78 is 50.6. The van der Waals surface area contributed by atoms with Crippen molar-refractivity contribution in [2.75, 3.05) is 25.5 Å². The minimum absolute atomic E-state index is 0.0208. The number of fused-ring (bicyclic) bond motifs is 1. The molecule has 3 aromatic rings. The van der Waals surface area contributed by atoms with Crippen LogP contribution in [0.4, 0.5) is 23.7 Å². The third-order valence-electron chi connectivity index (χ3n) is 6.79. The summed E-state index contributed by atoms with van der Waals surface area (Å²) in [6.45, 7) is 0.514. The van der Waals surface area contributed by atoms with E-state index in [4.69, 9.17) is 4.74 Å². The minimum atomic E-state index is -4.94. The number of amides is 3. The molecule has 0 unspecified atom stereocenters. The average Bonchev–Trinajstić information content (AvgIpc) is 3.35. The Morgan fingerprint density at radius 2 is 1.97 bits per heavy atom. The number of likely N-dealkylation sites (tertiary alicyclic amines) is 1. The number of anilines is 1. The molecule has 1 saturated heterocycles. The number of ether oxygens (including phenoxy) is 2. The molecule has 37 heavy (non-hydrogen) atoms. The molecule has 5 rings (SSSR count). The predicted octanol–water partition coefficient (Wildman–Crippen LogP) is 2.50. The number of nitrogens with zero attached hydrogens (tertiary/aromatic N) is 4. The fraction of sp³-hybridized carbons (Fsp3) is 0.435. The van der Waals surface area contributed by atoms with E-state index in [-0.39, 0.29) is 34.4 Å². The normalized spacial score (nSPS) is 16.9. The number of hydrogen-bond donors (Lipinski definition) is 3. The Bertz CT molecular complexity index is 1350. The second-order valence-corrected chi connectivity index (χ2v) is 9.47. The molecule has 1 spiro atoms. The minimum Gasteiger partial charge on any atom is -0.494 e. The Kier molecular flexibility index (Phi) is 5.93. The molecule has 3 heterocycles. The fourth-order valence-corrected chi connectivity index (χ4v) is 5.27. The van der Waals surface area contributed by atoms with Gasteiger partial charge in [-0.3, -0.25) is 4.79 Å². The Balaban J connectivity index is 1.17. The van der Waals surface area contributed by atoms with Gasteiger partial charge in [-0.1, -0.05) is 0 Å². The second kappa shape index (κ2) is 8.87. The van der Waals surface area contributed by atoms with Crippen LogP contribution < -0.4 is 20.1 Å². The lowest BCUT2D eigenvalue weighted by Crippen LogP contribution is -2.67. The molecule has 1 aromatic carbocycles. The smallest absolute Gasteiger partial charge is 0.494 e. The molecule has 2 aromatic heterocycles. The van der Waals surface area contributed by atoms with E-state index in [0.29, 0.717) is 31.5 Å². The maximum Gasteiger partial charge on any atom is 0.573 e. The second-order valence-electron chi connectivity index (χ2n) is 9.47. The molecule has 2 aliphatic rings. The number of halogens is 3. The fourth-order valence-electron chi connectivity index (χ4n) is 5.27. The predicted molar refractivity (Wildman–Crippen MR) is 123 cm³/mol. The van der Waals surface area contributed by atoms with Crippen molar-refractivity contribution >= 4 is 23.3 Å². The zero-order valence-electron chi connectivity index (χ0n) is 20.0. The molecule has 0 radical (unpaired) electrons. The first-order valence-electron chi connectivity index (χ1n) is 11.4. The number of rotatable bonds is 6. The molecular weight excluding hydrogens is 497 g/mol. The van der Waals surface area contributed by atoms with Gasteiger partial charge in [-0.05, 0) is 18.9 Å². The van der Waals surface area contributed by atoms with Gasteiger partial charge in [0.2, 0.25) is 0 Å². The Labute approximate surface area is 208 Å². The highest BCUT2D eigenvalue weighted by atomic mass is 19.4. The quantitative estimate of drug-likeness (QED) is 0.457. The first-order valence-corrected chi connectivity index (χ1v) is 11.4. The topological polar surface area (TPSA) is 122 Å². The zero-order valence-corrected chi connectivity index (χ0v) is 20.0. The van der Waals surface area contributed by atoms with Gasteiger partial charge in [-0.2, -0.15) is 5.10 Å². The number of aliphatic hydroxyl groups is 1. The number of hydrogen-bond acceptors (Lipinski definition) is 6. The molecule has 0 bridgehead atoms.